The van der Waals surface area contributed by atoms with Crippen LogP contribution in [0.5, 0.6) is 0 Å². The van der Waals surface area contributed by atoms with Crippen LogP contribution < -0.4 is 16.8 Å². The van der Waals surface area contributed by atoms with E-state index in [1.165, 1.54) is 44.9 Å². The SMILES string of the molecule is NC1=CC=CNC1(N)C1CCCCCCC1. The third-order valence-electron chi connectivity index (χ3n) is 3.92. The topological polar surface area (TPSA) is 64.1 Å². The van der Waals surface area contributed by atoms with Crippen LogP contribution in [-0.2, 0) is 0 Å². The smallest absolute Gasteiger partial charge is 0.129 e. The van der Waals surface area contributed by atoms with Crippen LogP contribution in [-0.4, -0.2) is 5.66 Å². The Morgan fingerprint density at radius 2 is 1.75 bits per heavy atom. The molecule has 0 spiro atoms. The maximum absolute atomic E-state index is 6.44. The number of allylic oxidation sites excluding steroid dienone is 2. The van der Waals surface area contributed by atoms with Gasteiger partial charge in [0.15, 0.2) is 0 Å². The fraction of sp³-hybridized carbons (Fsp3) is 0.692. The molecular weight excluding hydrogens is 198 g/mol. The molecule has 2 rings (SSSR count). The molecule has 1 aliphatic carbocycles. The fourth-order valence-electron chi connectivity index (χ4n) is 2.82. The molecule has 5 N–H and O–H groups in total. The predicted octanol–water partition coefficient (Wildman–Crippen LogP) is 1.96. The maximum Gasteiger partial charge on any atom is 0.129 e. The second-order valence-corrected chi connectivity index (χ2v) is 5.04. The Balaban J connectivity index is 2.08. The summed E-state index contributed by atoms with van der Waals surface area (Å²) in [6, 6.07) is 0. The lowest BCUT2D eigenvalue weighted by atomic mass is 9.79. The third-order valence-corrected chi connectivity index (χ3v) is 3.92. The second-order valence-electron chi connectivity index (χ2n) is 5.04. The first kappa shape index (κ1) is 11.5. The van der Waals surface area contributed by atoms with E-state index in [1.54, 1.807) is 0 Å². The summed E-state index contributed by atoms with van der Waals surface area (Å²) in [7, 11) is 0. The Bertz CT molecular complexity index is 288. The molecule has 3 heteroatoms. The van der Waals surface area contributed by atoms with Crippen LogP contribution in [0.15, 0.2) is 24.0 Å². The van der Waals surface area contributed by atoms with E-state index in [0.717, 1.165) is 5.70 Å². The molecule has 0 aromatic rings. The summed E-state index contributed by atoms with van der Waals surface area (Å²) >= 11 is 0. The number of nitrogens with one attached hydrogen (secondary N) is 1. The van der Waals surface area contributed by atoms with E-state index >= 15 is 0 Å². The van der Waals surface area contributed by atoms with Crippen molar-refractivity contribution >= 4 is 0 Å². The van der Waals surface area contributed by atoms with Gasteiger partial charge in [-0.25, -0.2) is 0 Å². The van der Waals surface area contributed by atoms with Crippen LogP contribution >= 0.6 is 0 Å². The molecular formula is C13H23N3. The van der Waals surface area contributed by atoms with Gasteiger partial charge in [-0.2, -0.15) is 0 Å². The maximum atomic E-state index is 6.44. The molecule has 90 valence electrons. The van der Waals surface area contributed by atoms with E-state index in [2.05, 4.69) is 5.32 Å². The van der Waals surface area contributed by atoms with Gasteiger partial charge >= 0.3 is 0 Å². The van der Waals surface area contributed by atoms with Gasteiger partial charge in [-0.15, -0.1) is 0 Å². The summed E-state index contributed by atoms with van der Waals surface area (Å²) < 4.78 is 0. The molecule has 1 unspecified atom stereocenters. The van der Waals surface area contributed by atoms with Gasteiger partial charge in [0.05, 0.1) is 0 Å². The van der Waals surface area contributed by atoms with Crippen molar-refractivity contribution in [3.05, 3.63) is 24.0 Å². The predicted molar refractivity (Wildman–Crippen MR) is 67.3 cm³/mol. The minimum Gasteiger partial charge on any atom is -0.399 e. The molecule has 1 saturated carbocycles. The van der Waals surface area contributed by atoms with E-state index < -0.39 is 5.66 Å². The van der Waals surface area contributed by atoms with Crippen molar-refractivity contribution in [3.63, 3.8) is 0 Å². The van der Waals surface area contributed by atoms with Crippen LogP contribution in [0.2, 0.25) is 0 Å². The van der Waals surface area contributed by atoms with Gasteiger partial charge in [0.1, 0.15) is 5.66 Å². The van der Waals surface area contributed by atoms with Crippen molar-refractivity contribution in [1.29, 1.82) is 0 Å². The highest BCUT2D eigenvalue weighted by atomic mass is 15.1. The van der Waals surface area contributed by atoms with Gasteiger partial charge in [-0.05, 0) is 31.2 Å². The van der Waals surface area contributed by atoms with E-state index in [4.69, 9.17) is 11.5 Å². The van der Waals surface area contributed by atoms with Gasteiger partial charge in [0.2, 0.25) is 0 Å². The van der Waals surface area contributed by atoms with Crippen molar-refractivity contribution in [1.82, 2.24) is 5.32 Å². The first-order chi connectivity index (χ1) is 7.73. The van der Waals surface area contributed by atoms with Crippen molar-refractivity contribution in [2.24, 2.45) is 17.4 Å². The van der Waals surface area contributed by atoms with Crippen LogP contribution in [0, 0.1) is 5.92 Å². The molecule has 3 nitrogen and oxygen atoms in total. The molecule has 1 fully saturated rings. The minimum atomic E-state index is -0.508. The van der Waals surface area contributed by atoms with Gasteiger partial charge in [0, 0.05) is 11.6 Å². The van der Waals surface area contributed by atoms with E-state index in [9.17, 15) is 0 Å². The molecule has 0 radical (unpaired) electrons. The lowest BCUT2D eigenvalue weighted by Crippen LogP contribution is -2.61. The van der Waals surface area contributed by atoms with Crippen molar-refractivity contribution < 1.29 is 0 Å². The zero-order chi connectivity index (χ0) is 11.4. The van der Waals surface area contributed by atoms with Gasteiger partial charge < -0.3 is 16.8 Å². The van der Waals surface area contributed by atoms with Crippen molar-refractivity contribution in [2.75, 3.05) is 0 Å². The third kappa shape index (κ3) is 2.24. The lowest BCUT2D eigenvalue weighted by Gasteiger charge is -2.40. The Morgan fingerprint density at radius 1 is 1.12 bits per heavy atom. The number of nitrogens with two attached hydrogens (primary N) is 2. The minimum absolute atomic E-state index is 0.467. The highest BCUT2D eigenvalue weighted by molar-refractivity contribution is 5.27. The van der Waals surface area contributed by atoms with Gasteiger partial charge in [-0.3, -0.25) is 0 Å². The van der Waals surface area contributed by atoms with Gasteiger partial charge in [0.25, 0.3) is 0 Å². The van der Waals surface area contributed by atoms with E-state index in [1.807, 2.05) is 18.4 Å². The Hall–Kier alpha value is -0.960. The molecule has 0 amide bonds. The first-order valence-electron chi connectivity index (χ1n) is 6.43. The normalized spacial score (nSPS) is 32.4. The molecule has 0 aromatic heterocycles. The monoisotopic (exact) mass is 221 g/mol. The average molecular weight is 221 g/mol. The summed E-state index contributed by atoms with van der Waals surface area (Å²) in [5.74, 6) is 0.467. The number of rotatable bonds is 1. The number of hydrogen-bond donors (Lipinski definition) is 3. The molecule has 1 heterocycles. The summed E-state index contributed by atoms with van der Waals surface area (Å²) in [6.45, 7) is 0. The highest BCUT2D eigenvalue weighted by Gasteiger charge is 2.36. The Kier molecular flexibility index (Phi) is 3.54. The molecule has 16 heavy (non-hydrogen) atoms. The van der Waals surface area contributed by atoms with Crippen LogP contribution in [0.1, 0.15) is 44.9 Å². The zero-order valence-electron chi connectivity index (χ0n) is 9.91. The van der Waals surface area contributed by atoms with E-state index in [-0.39, 0.29) is 0 Å². The van der Waals surface area contributed by atoms with Crippen LogP contribution in [0.4, 0.5) is 0 Å². The standard InChI is InChI=1S/C13H23N3/c14-12-9-6-10-16-13(12,15)11-7-4-2-1-3-5-8-11/h6,9-11,16H,1-5,7-8,14-15H2. The average Bonchev–Trinajstić information content (AvgIpc) is 2.22. The van der Waals surface area contributed by atoms with E-state index in [0.29, 0.717) is 5.92 Å². The highest BCUT2D eigenvalue weighted by Crippen LogP contribution is 2.31. The number of dihydropyridines is 1. The summed E-state index contributed by atoms with van der Waals surface area (Å²) in [4.78, 5) is 0. The first-order valence-corrected chi connectivity index (χ1v) is 6.43. The van der Waals surface area contributed by atoms with Crippen molar-refractivity contribution in [2.45, 2.75) is 50.6 Å². The molecule has 2 aliphatic rings. The molecule has 1 atom stereocenters. The molecule has 0 saturated heterocycles. The Labute approximate surface area is 98.0 Å². The summed E-state index contributed by atoms with van der Waals surface area (Å²) in [5.41, 5.74) is 12.8. The second kappa shape index (κ2) is 4.91. The molecule has 0 bridgehead atoms. The van der Waals surface area contributed by atoms with Crippen LogP contribution in [0.3, 0.4) is 0 Å². The fourth-order valence-corrected chi connectivity index (χ4v) is 2.82. The zero-order valence-corrected chi connectivity index (χ0v) is 9.91. The molecule has 0 aromatic carbocycles. The van der Waals surface area contributed by atoms with Crippen molar-refractivity contribution in [3.8, 4) is 0 Å². The Morgan fingerprint density at radius 3 is 2.38 bits per heavy atom. The largest absolute Gasteiger partial charge is 0.399 e. The number of hydrogen-bond acceptors (Lipinski definition) is 3. The molecule has 1 aliphatic heterocycles. The lowest BCUT2D eigenvalue weighted by molar-refractivity contribution is 0.226. The summed E-state index contributed by atoms with van der Waals surface area (Å²) in [6.07, 6.45) is 14.7. The summed E-state index contributed by atoms with van der Waals surface area (Å²) in [5, 5.41) is 3.27. The van der Waals surface area contributed by atoms with Crippen LogP contribution in [0.25, 0.3) is 0 Å². The quantitative estimate of drug-likeness (QED) is 0.634. The van der Waals surface area contributed by atoms with Gasteiger partial charge in [-0.1, -0.05) is 32.1 Å².